The average Bonchev–Trinajstić information content (AvgIpc) is 2.68. The Bertz CT molecular complexity index is 816. The van der Waals surface area contributed by atoms with E-state index in [0.29, 0.717) is 5.31 Å². The van der Waals surface area contributed by atoms with Crippen LogP contribution in [0.15, 0.2) is 101 Å². The molecule has 0 bridgehead atoms. The molecule has 3 aromatic rings. The average molecular weight is 361 g/mol. The molecule has 0 spiro atoms. The van der Waals surface area contributed by atoms with Gasteiger partial charge in [-0.1, -0.05) is 54.6 Å². The molecule has 0 saturated heterocycles. The topological polar surface area (TPSA) is 49.8 Å². The van der Waals surface area contributed by atoms with Crippen LogP contribution in [-0.2, 0) is 0 Å². The highest BCUT2D eigenvalue weighted by molar-refractivity contribution is 8.00. The summed E-state index contributed by atoms with van der Waals surface area (Å²) in [6.07, 6.45) is 0. The van der Waals surface area contributed by atoms with E-state index in [4.69, 9.17) is 5.73 Å². The molecule has 3 aromatic carbocycles. The number of thiol groups is 1. The van der Waals surface area contributed by atoms with Crippen molar-refractivity contribution in [2.75, 3.05) is 0 Å². The molecule has 0 aliphatic heterocycles. The third kappa shape index (κ3) is 3.07. The second-order valence-electron chi connectivity index (χ2n) is 5.52. The Balaban J connectivity index is 2.50. The zero-order valence-electron chi connectivity index (χ0n) is 13.6. The molecular weight excluding hydrogens is 343 g/mol. The van der Waals surface area contributed by atoms with Crippen molar-refractivity contribution in [3.63, 3.8) is 0 Å². The highest BCUT2D eigenvalue weighted by Gasteiger charge is 2.51. The quantitative estimate of drug-likeness (QED) is 0.424. The Morgan fingerprint density at radius 2 is 1.04 bits per heavy atom. The minimum absolute atomic E-state index is 0.271. The molecule has 0 saturated carbocycles. The first-order chi connectivity index (χ1) is 12.2. The zero-order chi connectivity index (χ0) is 17.7. The molecule has 0 amide bonds. The van der Waals surface area contributed by atoms with E-state index in [-0.39, 0.29) is 5.03 Å². The predicted molar refractivity (Wildman–Crippen MR) is 111 cm³/mol. The van der Waals surface area contributed by atoms with Gasteiger partial charge in [-0.3, -0.25) is 0 Å². The Morgan fingerprint density at radius 1 is 0.720 bits per heavy atom. The molecule has 2 N–H and O–H groups in total. The van der Waals surface area contributed by atoms with Crippen molar-refractivity contribution in [3.8, 4) is 6.07 Å². The first kappa shape index (κ1) is 17.3. The van der Waals surface area contributed by atoms with Gasteiger partial charge in [0, 0.05) is 0 Å². The maximum Gasteiger partial charge on any atom is 0.214 e. The summed E-state index contributed by atoms with van der Waals surface area (Å²) in [5, 5.41) is 14.1. The molecule has 0 aliphatic carbocycles. The Labute approximate surface area is 154 Å². The summed E-state index contributed by atoms with van der Waals surface area (Å²) in [6, 6.07) is 32.7. The predicted octanol–water partition coefficient (Wildman–Crippen LogP) is 3.56. The van der Waals surface area contributed by atoms with Gasteiger partial charge in [-0.25, -0.2) is 0 Å². The summed E-state index contributed by atoms with van der Waals surface area (Å²) in [5.74, 6) is 0. The van der Waals surface area contributed by atoms with Crippen molar-refractivity contribution in [2.24, 2.45) is 5.73 Å². The van der Waals surface area contributed by atoms with E-state index in [1.807, 2.05) is 54.6 Å². The zero-order valence-corrected chi connectivity index (χ0v) is 15.4. The highest BCUT2D eigenvalue weighted by Crippen LogP contribution is 2.62. The van der Waals surface area contributed by atoms with Crippen LogP contribution in [-0.4, -0.2) is 0 Å². The van der Waals surface area contributed by atoms with Gasteiger partial charge in [-0.05, 0) is 36.4 Å². The minimum Gasteiger partial charge on any atom is -0.390 e. The summed E-state index contributed by atoms with van der Waals surface area (Å²) < 4.78 is 0. The van der Waals surface area contributed by atoms with Gasteiger partial charge in [0.1, 0.15) is 27.0 Å². The van der Waals surface area contributed by atoms with Crippen molar-refractivity contribution in [1.82, 2.24) is 0 Å². The van der Waals surface area contributed by atoms with Crippen molar-refractivity contribution in [2.45, 2.75) is 0 Å². The molecule has 0 fully saturated rings. The maximum absolute atomic E-state index is 10.0. The largest absolute Gasteiger partial charge is 0.390 e. The van der Waals surface area contributed by atoms with Crippen molar-refractivity contribution < 1.29 is 0 Å². The number of rotatable bonds is 4. The van der Waals surface area contributed by atoms with Crippen LogP contribution in [0.25, 0.3) is 0 Å². The number of hydrogen-bond acceptors (Lipinski definition) is 3. The lowest BCUT2D eigenvalue weighted by Crippen LogP contribution is -2.33. The smallest absolute Gasteiger partial charge is 0.214 e. The fourth-order valence-corrected chi connectivity index (χ4v) is 7.61. The number of benzene rings is 3. The molecule has 0 unspecified atom stereocenters. The fraction of sp³-hybridized carbons (Fsp3) is 0. The molecule has 0 atom stereocenters. The van der Waals surface area contributed by atoms with Gasteiger partial charge in [0.2, 0.25) is 5.31 Å². The summed E-state index contributed by atoms with van der Waals surface area (Å²) in [4.78, 5) is 0. The normalized spacial score (nSPS) is 12.2. The third-order valence-electron chi connectivity index (χ3n) is 4.11. The Kier molecular flexibility index (Phi) is 5.24. The molecule has 0 aliphatic rings. The highest BCUT2D eigenvalue weighted by atomic mass is 32.1. The van der Waals surface area contributed by atoms with Crippen LogP contribution in [0, 0.1) is 11.3 Å². The van der Waals surface area contributed by atoms with Crippen LogP contribution in [0.4, 0.5) is 0 Å². The monoisotopic (exact) mass is 361 g/mol. The van der Waals surface area contributed by atoms with E-state index in [9.17, 15) is 5.26 Å². The number of nitriles is 1. The maximum atomic E-state index is 10.0. The van der Waals surface area contributed by atoms with Crippen molar-refractivity contribution in [3.05, 3.63) is 101 Å². The SMILES string of the molecule is N#CC(=C(N)S)[P+](c1ccccc1)(c1ccccc1)c1ccccc1. The standard InChI is InChI=1S/C21H17N2PS/c22-16-20(21(23)25)24(17-10-4-1-5-11-17,18-12-6-2-7-13-18)19-14-8-3-9-15-19/h1-15H,23H2/p+1. The van der Waals surface area contributed by atoms with Gasteiger partial charge < -0.3 is 5.73 Å². The molecule has 0 heterocycles. The van der Waals surface area contributed by atoms with Crippen LogP contribution >= 0.6 is 19.9 Å². The summed E-state index contributed by atoms with van der Waals surface area (Å²) in [6.45, 7) is 0. The molecule has 0 aromatic heterocycles. The molecule has 25 heavy (non-hydrogen) atoms. The van der Waals surface area contributed by atoms with Crippen LogP contribution in [0.5, 0.6) is 0 Å². The van der Waals surface area contributed by atoms with Gasteiger partial charge in [0.15, 0.2) is 7.26 Å². The van der Waals surface area contributed by atoms with Gasteiger partial charge in [-0.2, -0.15) is 5.26 Å². The van der Waals surface area contributed by atoms with Crippen LogP contribution in [0.3, 0.4) is 0 Å². The molecule has 2 nitrogen and oxygen atoms in total. The van der Waals surface area contributed by atoms with Crippen molar-refractivity contribution in [1.29, 1.82) is 5.26 Å². The lowest BCUT2D eigenvalue weighted by molar-refractivity contribution is 1.48. The van der Waals surface area contributed by atoms with Crippen LogP contribution < -0.4 is 21.6 Å². The second-order valence-corrected chi connectivity index (χ2v) is 9.34. The van der Waals surface area contributed by atoms with E-state index >= 15 is 0 Å². The lowest BCUT2D eigenvalue weighted by atomic mass is 10.4. The molecule has 3 rings (SSSR count). The van der Waals surface area contributed by atoms with Gasteiger partial charge >= 0.3 is 0 Å². The van der Waals surface area contributed by atoms with Crippen molar-refractivity contribution >= 4 is 35.8 Å². The molecule has 122 valence electrons. The molecular formula is C21H18N2PS+. The first-order valence-electron chi connectivity index (χ1n) is 7.86. The Hall–Kier alpha value is -2.53. The third-order valence-corrected chi connectivity index (χ3v) is 8.74. The minimum atomic E-state index is -2.40. The second kappa shape index (κ2) is 7.57. The van der Waals surface area contributed by atoms with Gasteiger partial charge in [-0.15, -0.1) is 12.6 Å². The van der Waals surface area contributed by atoms with Gasteiger partial charge in [0.05, 0.1) is 0 Å². The summed E-state index contributed by atoms with van der Waals surface area (Å²) in [5.41, 5.74) is 6.09. The number of allylic oxidation sites excluding steroid dienone is 1. The first-order valence-corrected chi connectivity index (χ1v) is 10.1. The molecule has 4 heteroatoms. The van der Waals surface area contributed by atoms with E-state index in [1.54, 1.807) is 0 Å². The molecule has 0 radical (unpaired) electrons. The van der Waals surface area contributed by atoms with E-state index in [1.165, 1.54) is 0 Å². The van der Waals surface area contributed by atoms with E-state index in [0.717, 1.165) is 15.9 Å². The Morgan fingerprint density at radius 3 is 1.28 bits per heavy atom. The number of nitrogens with zero attached hydrogens (tertiary/aromatic N) is 1. The summed E-state index contributed by atoms with van der Waals surface area (Å²) in [7, 11) is -2.40. The van der Waals surface area contributed by atoms with Gasteiger partial charge in [0.25, 0.3) is 0 Å². The number of hydrogen-bond donors (Lipinski definition) is 2. The fourth-order valence-electron chi connectivity index (χ4n) is 3.09. The van der Waals surface area contributed by atoms with E-state index in [2.05, 4.69) is 55.1 Å². The summed E-state index contributed by atoms with van der Waals surface area (Å²) >= 11 is 4.38. The lowest BCUT2D eigenvalue weighted by Gasteiger charge is -2.26. The van der Waals surface area contributed by atoms with Crippen LogP contribution in [0.2, 0.25) is 0 Å². The van der Waals surface area contributed by atoms with Crippen LogP contribution in [0.1, 0.15) is 0 Å². The van der Waals surface area contributed by atoms with E-state index < -0.39 is 7.26 Å². The number of nitrogens with two attached hydrogens (primary N) is 1.